The van der Waals surface area contributed by atoms with E-state index in [2.05, 4.69) is 0 Å². The lowest BCUT2D eigenvalue weighted by Gasteiger charge is -2.25. The average molecular weight is 279 g/mol. The van der Waals surface area contributed by atoms with E-state index >= 15 is 0 Å². The first kappa shape index (κ1) is 13.2. The summed E-state index contributed by atoms with van der Waals surface area (Å²) in [6.07, 6.45) is 2.77. The zero-order valence-electron chi connectivity index (χ0n) is 11.0. The molecule has 6 nitrogen and oxygen atoms in total. The minimum absolute atomic E-state index is 0.0509. The van der Waals surface area contributed by atoms with Crippen molar-refractivity contribution in [2.45, 2.75) is 43.9 Å². The van der Waals surface area contributed by atoms with Crippen molar-refractivity contribution in [1.82, 2.24) is 4.90 Å². The molecule has 0 spiro atoms. The van der Waals surface area contributed by atoms with Gasteiger partial charge >= 0.3 is 5.97 Å². The van der Waals surface area contributed by atoms with Crippen LogP contribution in [0.25, 0.3) is 0 Å². The number of furan rings is 1. The van der Waals surface area contributed by atoms with E-state index in [1.807, 2.05) is 12.1 Å². The van der Waals surface area contributed by atoms with E-state index in [9.17, 15) is 9.59 Å². The molecule has 3 atom stereocenters. The van der Waals surface area contributed by atoms with Crippen LogP contribution in [0.15, 0.2) is 22.8 Å². The Hall–Kier alpha value is -1.82. The molecule has 20 heavy (non-hydrogen) atoms. The highest BCUT2D eigenvalue weighted by atomic mass is 16.5. The number of amides is 1. The molecule has 0 saturated carbocycles. The predicted octanol–water partition coefficient (Wildman–Crippen LogP) is 1.58. The second-order valence-corrected chi connectivity index (χ2v) is 5.23. The van der Waals surface area contributed by atoms with Crippen molar-refractivity contribution >= 4 is 11.9 Å². The van der Waals surface area contributed by atoms with Crippen LogP contribution in [0.5, 0.6) is 0 Å². The van der Waals surface area contributed by atoms with E-state index in [0.29, 0.717) is 19.4 Å². The first-order chi connectivity index (χ1) is 9.66. The van der Waals surface area contributed by atoms with Gasteiger partial charge in [-0.3, -0.25) is 4.79 Å². The summed E-state index contributed by atoms with van der Waals surface area (Å²) in [4.78, 5) is 25.1. The lowest BCUT2D eigenvalue weighted by atomic mass is 10.1. The zero-order chi connectivity index (χ0) is 14.1. The van der Waals surface area contributed by atoms with Crippen molar-refractivity contribution < 1.29 is 23.8 Å². The van der Waals surface area contributed by atoms with Crippen LogP contribution in [0.2, 0.25) is 0 Å². The standard InChI is InChI=1S/C14H17NO5/c16-13(11-5-6-12(20-11)14(17)18)15-7-1-3-9(15)10-4-2-8-19-10/h2,4,8-9,11-12H,1,3,5-7H2,(H,17,18)/t9?,11-,12+/m0/s1. The molecule has 3 rings (SSSR count). The summed E-state index contributed by atoms with van der Waals surface area (Å²) >= 11 is 0. The summed E-state index contributed by atoms with van der Waals surface area (Å²) in [7, 11) is 0. The van der Waals surface area contributed by atoms with Crippen LogP contribution < -0.4 is 0 Å². The largest absolute Gasteiger partial charge is 0.479 e. The fraction of sp³-hybridized carbons (Fsp3) is 0.571. The molecule has 1 aromatic rings. The fourth-order valence-electron chi connectivity index (χ4n) is 2.99. The number of likely N-dealkylation sites (tertiary alicyclic amines) is 1. The van der Waals surface area contributed by atoms with Crippen LogP contribution >= 0.6 is 0 Å². The smallest absolute Gasteiger partial charge is 0.332 e. The molecule has 3 heterocycles. The van der Waals surface area contributed by atoms with Crippen molar-refractivity contribution in [1.29, 1.82) is 0 Å². The van der Waals surface area contributed by atoms with Gasteiger partial charge in [-0.15, -0.1) is 0 Å². The maximum Gasteiger partial charge on any atom is 0.332 e. The molecule has 0 bridgehead atoms. The topological polar surface area (TPSA) is 80.0 Å². The lowest BCUT2D eigenvalue weighted by Crippen LogP contribution is -2.39. The third-order valence-electron chi connectivity index (χ3n) is 3.98. The Kier molecular flexibility index (Phi) is 3.48. The van der Waals surface area contributed by atoms with Crippen LogP contribution in [0.3, 0.4) is 0 Å². The van der Waals surface area contributed by atoms with Crippen LogP contribution in [0.4, 0.5) is 0 Å². The molecule has 0 radical (unpaired) electrons. The van der Waals surface area contributed by atoms with Crippen molar-refractivity contribution in [3.05, 3.63) is 24.2 Å². The van der Waals surface area contributed by atoms with E-state index in [1.165, 1.54) is 0 Å². The molecule has 108 valence electrons. The summed E-state index contributed by atoms with van der Waals surface area (Å²) in [6.45, 7) is 0.668. The normalized spacial score (nSPS) is 29.8. The maximum absolute atomic E-state index is 12.5. The maximum atomic E-state index is 12.5. The van der Waals surface area contributed by atoms with Gasteiger partial charge in [0.1, 0.15) is 11.9 Å². The van der Waals surface area contributed by atoms with Crippen molar-refractivity contribution in [2.75, 3.05) is 6.54 Å². The van der Waals surface area contributed by atoms with Crippen LogP contribution in [-0.2, 0) is 14.3 Å². The number of aliphatic carboxylic acids is 1. The Morgan fingerprint density at radius 2 is 2.05 bits per heavy atom. The van der Waals surface area contributed by atoms with Crippen LogP contribution in [-0.4, -0.2) is 40.6 Å². The van der Waals surface area contributed by atoms with Crippen molar-refractivity contribution in [3.63, 3.8) is 0 Å². The monoisotopic (exact) mass is 279 g/mol. The number of hydrogen-bond acceptors (Lipinski definition) is 4. The third-order valence-corrected chi connectivity index (χ3v) is 3.98. The molecule has 1 N–H and O–H groups in total. The summed E-state index contributed by atoms with van der Waals surface area (Å²) in [5.41, 5.74) is 0. The zero-order valence-corrected chi connectivity index (χ0v) is 11.0. The molecule has 2 aliphatic heterocycles. The highest BCUT2D eigenvalue weighted by Gasteiger charge is 2.40. The Morgan fingerprint density at radius 3 is 2.70 bits per heavy atom. The molecule has 1 unspecified atom stereocenters. The quantitative estimate of drug-likeness (QED) is 0.908. The number of ether oxygens (including phenoxy) is 1. The van der Waals surface area contributed by atoms with Gasteiger partial charge in [-0.25, -0.2) is 4.79 Å². The lowest BCUT2D eigenvalue weighted by molar-refractivity contribution is -0.155. The van der Waals surface area contributed by atoms with E-state index < -0.39 is 18.2 Å². The van der Waals surface area contributed by atoms with Crippen molar-refractivity contribution in [2.24, 2.45) is 0 Å². The number of rotatable bonds is 3. The Morgan fingerprint density at radius 1 is 1.25 bits per heavy atom. The van der Waals surface area contributed by atoms with Gasteiger partial charge in [-0.2, -0.15) is 0 Å². The number of carboxylic acid groups (broad SMARTS) is 1. The second-order valence-electron chi connectivity index (χ2n) is 5.23. The minimum Gasteiger partial charge on any atom is -0.479 e. The fourth-order valence-corrected chi connectivity index (χ4v) is 2.99. The van der Waals surface area contributed by atoms with Gasteiger partial charge in [-0.05, 0) is 37.8 Å². The number of carbonyl (C=O) groups is 2. The second kappa shape index (κ2) is 5.28. The summed E-state index contributed by atoms with van der Waals surface area (Å²) in [5.74, 6) is -0.333. The first-order valence-corrected chi connectivity index (χ1v) is 6.89. The van der Waals surface area contributed by atoms with Gasteiger partial charge in [0.05, 0.1) is 12.3 Å². The van der Waals surface area contributed by atoms with E-state index in [4.69, 9.17) is 14.3 Å². The van der Waals surface area contributed by atoms with Crippen molar-refractivity contribution in [3.8, 4) is 0 Å². The summed E-state index contributed by atoms with van der Waals surface area (Å²) < 4.78 is 10.7. The van der Waals surface area contributed by atoms with E-state index in [-0.39, 0.29) is 11.9 Å². The number of carboxylic acids is 1. The molecule has 2 fully saturated rings. The molecule has 1 amide bonds. The summed E-state index contributed by atoms with van der Waals surface area (Å²) in [5, 5.41) is 8.92. The molecule has 0 aliphatic carbocycles. The van der Waals surface area contributed by atoms with Gasteiger partial charge in [0.25, 0.3) is 5.91 Å². The average Bonchev–Trinajstić information content (AvgIpc) is 3.17. The van der Waals surface area contributed by atoms with Gasteiger partial charge < -0.3 is 19.2 Å². The SMILES string of the molecule is O=C(O)[C@H]1CC[C@@H](C(=O)N2CCCC2c2ccco2)O1. The van der Waals surface area contributed by atoms with Gasteiger partial charge in [0.2, 0.25) is 0 Å². The predicted molar refractivity (Wildman–Crippen MR) is 67.9 cm³/mol. The molecule has 1 aromatic heterocycles. The number of carbonyl (C=O) groups excluding carboxylic acids is 1. The Balaban J connectivity index is 1.69. The third kappa shape index (κ3) is 2.31. The summed E-state index contributed by atoms with van der Waals surface area (Å²) in [6, 6.07) is 3.62. The molecule has 0 aromatic carbocycles. The van der Waals surface area contributed by atoms with Gasteiger partial charge in [0.15, 0.2) is 6.10 Å². The highest BCUT2D eigenvalue weighted by Crippen LogP contribution is 2.34. The Bertz CT molecular complexity index is 498. The van der Waals surface area contributed by atoms with E-state index in [1.54, 1.807) is 11.2 Å². The molecule has 2 saturated heterocycles. The molecule has 2 aliphatic rings. The minimum atomic E-state index is -0.996. The van der Waals surface area contributed by atoms with Crippen LogP contribution in [0.1, 0.15) is 37.5 Å². The number of nitrogens with zero attached hydrogens (tertiary/aromatic N) is 1. The van der Waals surface area contributed by atoms with E-state index in [0.717, 1.165) is 18.6 Å². The molecular formula is C14H17NO5. The molecular weight excluding hydrogens is 262 g/mol. The molecule has 6 heteroatoms. The Labute approximate surface area is 116 Å². The first-order valence-electron chi connectivity index (χ1n) is 6.89. The number of hydrogen-bond donors (Lipinski definition) is 1. The van der Waals surface area contributed by atoms with Crippen LogP contribution in [0, 0.1) is 0 Å². The van der Waals surface area contributed by atoms with Gasteiger partial charge in [-0.1, -0.05) is 0 Å². The highest BCUT2D eigenvalue weighted by molar-refractivity contribution is 5.83. The van der Waals surface area contributed by atoms with Gasteiger partial charge in [0, 0.05) is 6.54 Å².